The first-order valence-electron chi connectivity index (χ1n) is 14.9. The Bertz CT molecular complexity index is 1310. The summed E-state index contributed by atoms with van der Waals surface area (Å²) in [5, 5.41) is 2.57. The molecule has 0 amide bonds. The third-order valence-corrected chi connectivity index (χ3v) is 11.8. The van der Waals surface area contributed by atoms with Crippen molar-refractivity contribution in [3.8, 4) is 0 Å². The molecule has 4 fully saturated rings. The van der Waals surface area contributed by atoms with Gasteiger partial charge in [-0.05, 0) is 110 Å². The van der Waals surface area contributed by atoms with Gasteiger partial charge in [0.05, 0.1) is 11.2 Å². The third kappa shape index (κ3) is 3.22. The van der Waals surface area contributed by atoms with Gasteiger partial charge in [-0.3, -0.25) is 9.88 Å². The zero-order valence-electron chi connectivity index (χ0n) is 22.6. The standard InChI is InChI=1S/C33H41N3O/c1-31-11-9-27-20-26-5-6-28(36-17-15-35(2)16-18-36)21-32(26)12-13-33(27,37-32)30(31)8-7-29(31)24-4-3-23-10-14-34-22-25(23)19-24/h3-4,9-10,14,19-20,22,28-30H,5-8,11-13,15-18,21H2,1-2H3/t28-,29?,30-,31?,32-,33-/m1/s1. The normalized spacial score (nSPS) is 41.6. The van der Waals surface area contributed by atoms with E-state index in [1.807, 2.05) is 12.4 Å². The van der Waals surface area contributed by atoms with Gasteiger partial charge in [0, 0.05) is 50.0 Å². The van der Waals surface area contributed by atoms with E-state index in [9.17, 15) is 0 Å². The van der Waals surface area contributed by atoms with Crippen LogP contribution in [0.1, 0.15) is 69.8 Å². The maximum absolute atomic E-state index is 7.57. The second-order valence-electron chi connectivity index (χ2n) is 13.4. The Hall–Kier alpha value is -2.01. The summed E-state index contributed by atoms with van der Waals surface area (Å²) in [5.41, 5.74) is 4.85. The molecular formula is C33H41N3O. The van der Waals surface area contributed by atoms with Crippen LogP contribution in [-0.4, -0.2) is 65.3 Å². The molecule has 1 aromatic heterocycles. The first-order chi connectivity index (χ1) is 18.0. The van der Waals surface area contributed by atoms with E-state index in [4.69, 9.17) is 4.74 Å². The van der Waals surface area contributed by atoms with Gasteiger partial charge in [-0.2, -0.15) is 0 Å². The fourth-order valence-corrected chi connectivity index (χ4v) is 9.75. The van der Waals surface area contributed by atoms with Crippen LogP contribution in [0.25, 0.3) is 10.8 Å². The Labute approximate surface area is 221 Å². The molecule has 0 N–H and O–H groups in total. The maximum atomic E-state index is 7.57. The van der Waals surface area contributed by atoms with Gasteiger partial charge in [0.2, 0.25) is 0 Å². The van der Waals surface area contributed by atoms with Crippen LogP contribution in [0, 0.1) is 11.3 Å². The first-order valence-corrected chi connectivity index (χ1v) is 14.9. The largest absolute Gasteiger partial charge is 0.359 e. The Morgan fingerprint density at radius 1 is 1.00 bits per heavy atom. The van der Waals surface area contributed by atoms with Gasteiger partial charge in [-0.15, -0.1) is 0 Å². The van der Waals surface area contributed by atoms with E-state index in [1.54, 1.807) is 11.1 Å². The summed E-state index contributed by atoms with van der Waals surface area (Å²) in [6, 6.07) is 9.95. The van der Waals surface area contributed by atoms with Gasteiger partial charge in [0.25, 0.3) is 0 Å². The molecule has 3 aliphatic heterocycles. The molecule has 8 rings (SSSR count). The summed E-state index contributed by atoms with van der Waals surface area (Å²) >= 11 is 0. The number of hydrogen-bond donors (Lipinski definition) is 0. The Morgan fingerprint density at radius 2 is 1.89 bits per heavy atom. The van der Waals surface area contributed by atoms with E-state index in [-0.39, 0.29) is 16.6 Å². The maximum Gasteiger partial charge on any atom is 0.0974 e. The zero-order valence-corrected chi connectivity index (χ0v) is 22.6. The van der Waals surface area contributed by atoms with Gasteiger partial charge in [-0.25, -0.2) is 0 Å². The summed E-state index contributed by atoms with van der Waals surface area (Å²) in [6.45, 7) is 7.44. The van der Waals surface area contributed by atoms with Crippen LogP contribution in [0.2, 0.25) is 0 Å². The Morgan fingerprint density at radius 3 is 2.78 bits per heavy atom. The van der Waals surface area contributed by atoms with Gasteiger partial charge in [0.1, 0.15) is 0 Å². The van der Waals surface area contributed by atoms with E-state index in [2.05, 4.69) is 65.2 Å². The average Bonchev–Trinajstić information content (AvgIpc) is 3.43. The molecule has 0 radical (unpaired) electrons. The molecule has 6 aliphatic rings. The molecule has 2 bridgehead atoms. The molecule has 4 heterocycles. The van der Waals surface area contributed by atoms with E-state index >= 15 is 0 Å². The molecule has 2 saturated heterocycles. The number of allylic oxidation sites excluding steroid dienone is 1. The van der Waals surface area contributed by atoms with E-state index in [0.717, 1.165) is 0 Å². The zero-order chi connectivity index (χ0) is 24.8. The van der Waals surface area contributed by atoms with Crippen molar-refractivity contribution < 1.29 is 4.74 Å². The van der Waals surface area contributed by atoms with E-state index < -0.39 is 0 Å². The third-order valence-electron chi connectivity index (χ3n) is 11.8. The molecule has 4 nitrogen and oxygen atoms in total. The SMILES string of the molecule is CN1CCN([C@@H]2CCC3=CC4=CCC5(C)C(c6ccc7ccncc7c6)CC[C@H]5[C@@]45CC[C@]3(C2)O5)CC1. The molecule has 1 aromatic carbocycles. The molecule has 194 valence electrons. The summed E-state index contributed by atoms with van der Waals surface area (Å²) in [7, 11) is 2.26. The summed E-state index contributed by atoms with van der Waals surface area (Å²) in [5.74, 6) is 1.19. The van der Waals surface area contributed by atoms with Gasteiger partial charge < -0.3 is 9.64 Å². The molecule has 37 heavy (non-hydrogen) atoms. The van der Waals surface area contributed by atoms with Crippen LogP contribution in [0.4, 0.5) is 0 Å². The smallest absolute Gasteiger partial charge is 0.0974 e. The second kappa shape index (κ2) is 8.00. The summed E-state index contributed by atoms with van der Waals surface area (Å²) in [4.78, 5) is 9.67. The van der Waals surface area contributed by atoms with Crippen LogP contribution in [0.15, 0.2) is 60.0 Å². The van der Waals surface area contributed by atoms with Crippen molar-refractivity contribution in [1.82, 2.24) is 14.8 Å². The minimum Gasteiger partial charge on any atom is -0.359 e. The Kier molecular flexibility index (Phi) is 4.96. The van der Waals surface area contributed by atoms with Gasteiger partial charge in [-0.1, -0.05) is 31.2 Å². The van der Waals surface area contributed by atoms with E-state index in [1.165, 1.54) is 93.9 Å². The summed E-state index contributed by atoms with van der Waals surface area (Å²) < 4.78 is 7.57. The van der Waals surface area contributed by atoms with Crippen LogP contribution >= 0.6 is 0 Å². The van der Waals surface area contributed by atoms with Crippen molar-refractivity contribution in [2.24, 2.45) is 11.3 Å². The minimum absolute atomic E-state index is 0.00540. The molecule has 2 saturated carbocycles. The molecular weight excluding hydrogens is 454 g/mol. The molecule has 6 atom stereocenters. The highest BCUT2D eigenvalue weighted by molar-refractivity contribution is 5.82. The number of benzene rings is 1. The van der Waals surface area contributed by atoms with Gasteiger partial charge in [0.15, 0.2) is 0 Å². The van der Waals surface area contributed by atoms with Crippen LogP contribution in [0.3, 0.4) is 0 Å². The lowest BCUT2D eigenvalue weighted by molar-refractivity contribution is -0.141. The van der Waals surface area contributed by atoms with Gasteiger partial charge >= 0.3 is 0 Å². The monoisotopic (exact) mass is 495 g/mol. The number of aromatic nitrogens is 1. The van der Waals surface area contributed by atoms with Crippen LogP contribution < -0.4 is 0 Å². The van der Waals surface area contributed by atoms with Crippen LogP contribution in [0.5, 0.6) is 0 Å². The number of fused-ring (bicyclic) bond motifs is 2. The van der Waals surface area contributed by atoms with Crippen LogP contribution in [-0.2, 0) is 4.74 Å². The molecule has 3 aliphatic carbocycles. The lowest BCUT2D eigenvalue weighted by Crippen LogP contribution is -2.57. The molecule has 2 spiro atoms. The topological polar surface area (TPSA) is 28.6 Å². The molecule has 4 heteroatoms. The van der Waals surface area contributed by atoms with Crippen molar-refractivity contribution in [3.05, 3.63) is 65.5 Å². The lowest BCUT2D eigenvalue weighted by Gasteiger charge is -2.55. The van der Waals surface area contributed by atoms with Crippen molar-refractivity contribution in [2.45, 2.75) is 81.5 Å². The fourth-order valence-electron chi connectivity index (χ4n) is 9.75. The first kappa shape index (κ1) is 22.9. The van der Waals surface area contributed by atoms with Crippen molar-refractivity contribution in [3.63, 3.8) is 0 Å². The lowest BCUT2D eigenvalue weighted by atomic mass is 9.58. The number of likely N-dealkylation sites (N-methyl/N-ethyl adjacent to an activating group) is 1. The highest BCUT2D eigenvalue weighted by Gasteiger charge is 2.66. The van der Waals surface area contributed by atoms with Crippen molar-refractivity contribution in [1.29, 1.82) is 0 Å². The molecule has 2 aromatic rings. The number of piperazine rings is 1. The average molecular weight is 496 g/mol. The Balaban J connectivity index is 1.12. The highest BCUT2D eigenvalue weighted by Crippen LogP contribution is 2.69. The highest BCUT2D eigenvalue weighted by atomic mass is 16.5. The number of ether oxygens (including phenoxy) is 1. The number of nitrogens with zero attached hydrogens (tertiary/aromatic N) is 3. The quantitative estimate of drug-likeness (QED) is 0.504. The number of rotatable bonds is 2. The minimum atomic E-state index is -0.0618. The predicted molar refractivity (Wildman–Crippen MR) is 149 cm³/mol. The number of pyridine rings is 1. The van der Waals surface area contributed by atoms with E-state index in [0.29, 0.717) is 17.9 Å². The fraction of sp³-hybridized carbons (Fsp3) is 0.606. The number of hydrogen-bond acceptors (Lipinski definition) is 4. The predicted octanol–water partition coefficient (Wildman–Crippen LogP) is 6.09. The van der Waals surface area contributed by atoms with Crippen molar-refractivity contribution in [2.75, 3.05) is 33.2 Å². The molecule has 2 unspecified atom stereocenters. The van der Waals surface area contributed by atoms with Crippen molar-refractivity contribution >= 4 is 10.8 Å². The summed E-state index contributed by atoms with van der Waals surface area (Å²) in [6.07, 6.45) is 19.1. The second-order valence-corrected chi connectivity index (χ2v) is 13.4.